The van der Waals surface area contributed by atoms with Gasteiger partial charge in [0.15, 0.2) is 0 Å². The largest absolute Gasteiger partial charge is 0.477 e. The minimum Gasteiger partial charge on any atom is -0.477 e. The van der Waals surface area contributed by atoms with E-state index in [1.165, 1.54) is 6.07 Å². The Labute approximate surface area is 94.8 Å². The zero-order chi connectivity index (χ0) is 12.3. The smallest absolute Gasteiger partial charge is 0.342 e. The number of nitro groups is 1. The molecule has 16 heavy (non-hydrogen) atoms. The van der Waals surface area contributed by atoms with Gasteiger partial charge < -0.3 is 5.11 Å². The quantitative estimate of drug-likeness (QED) is 0.494. The molecule has 0 fully saturated rings. The van der Waals surface area contributed by atoms with Crippen molar-refractivity contribution in [2.24, 2.45) is 0 Å². The molecule has 7 heteroatoms. The molecule has 0 aliphatic rings. The lowest BCUT2D eigenvalue weighted by Gasteiger charge is -2.03. The maximum absolute atomic E-state index is 10.7. The molecule has 0 radical (unpaired) electrons. The zero-order valence-electron chi connectivity index (χ0n) is 7.81. The van der Waals surface area contributed by atoms with E-state index in [4.69, 9.17) is 22.0 Å². The van der Waals surface area contributed by atoms with Gasteiger partial charge in [-0.05, 0) is 11.6 Å². The van der Waals surface area contributed by atoms with E-state index in [1.807, 2.05) is 0 Å². The Hall–Kier alpha value is -2.13. The molecule has 0 aromatic heterocycles. The second kappa shape index (κ2) is 4.59. The van der Waals surface area contributed by atoms with Gasteiger partial charge in [0.1, 0.15) is 17.2 Å². The third kappa shape index (κ3) is 1.94. The molecule has 0 atom stereocenters. The topological polar surface area (TPSA) is 104 Å². The summed E-state index contributed by atoms with van der Waals surface area (Å²) in [5.41, 5.74) is -1.30. The van der Waals surface area contributed by atoms with Crippen molar-refractivity contribution in [3.05, 3.63) is 38.9 Å². The fourth-order valence-corrected chi connectivity index (χ4v) is 1.45. The molecule has 6 nitrogen and oxygen atoms in total. The number of carboxylic acids is 1. The van der Waals surface area contributed by atoms with Crippen LogP contribution in [0.25, 0.3) is 0 Å². The summed E-state index contributed by atoms with van der Waals surface area (Å²) in [7, 11) is 0. The Balaban J connectivity index is 3.65. The van der Waals surface area contributed by atoms with Gasteiger partial charge in [0.05, 0.1) is 4.92 Å². The van der Waals surface area contributed by atoms with Crippen LogP contribution in [0.5, 0.6) is 0 Å². The second-order valence-electron chi connectivity index (χ2n) is 2.80. The first-order valence-electron chi connectivity index (χ1n) is 4.02. The van der Waals surface area contributed by atoms with Crippen LogP contribution in [-0.4, -0.2) is 16.0 Å². The van der Waals surface area contributed by atoms with Crippen molar-refractivity contribution >= 4 is 23.3 Å². The van der Waals surface area contributed by atoms with Crippen molar-refractivity contribution in [2.45, 2.75) is 5.88 Å². The van der Waals surface area contributed by atoms with Crippen LogP contribution in [-0.2, 0) is 5.88 Å². The van der Waals surface area contributed by atoms with Crippen LogP contribution in [0.4, 0.5) is 5.69 Å². The summed E-state index contributed by atoms with van der Waals surface area (Å²) in [6.07, 6.45) is 0. The van der Waals surface area contributed by atoms with E-state index >= 15 is 0 Å². The molecule has 82 valence electrons. The van der Waals surface area contributed by atoms with Crippen LogP contribution < -0.4 is 0 Å². The number of aromatic carboxylic acids is 1. The Morgan fingerprint density at radius 3 is 2.62 bits per heavy atom. The fourth-order valence-electron chi connectivity index (χ4n) is 1.23. The zero-order valence-corrected chi connectivity index (χ0v) is 8.56. The van der Waals surface area contributed by atoms with Gasteiger partial charge in [-0.1, -0.05) is 6.07 Å². The number of nitro benzene ring substituents is 1. The van der Waals surface area contributed by atoms with Crippen LogP contribution in [0.2, 0.25) is 0 Å². The van der Waals surface area contributed by atoms with Crippen molar-refractivity contribution in [1.29, 1.82) is 5.26 Å². The lowest BCUT2D eigenvalue weighted by Crippen LogP contribution is -2.06. The van der Waals surface area contributed by atoms with Crippen LogP contribution in [0.1, 0.15) is 21.5 Å². The lowest BCUT2D eigenvalue weighted by atomic mass is 10.0. The molecule has 1 aromatic carbocycles. The summed E-state index contributed by atoms with van der Waals surface area (Å²) in [6, 6.07) is 3.96. The van der Waals surface area contributed by atoms with Crippen molar-refractivity contribution < 1.29 is 14.8 Å². The van der Waals surface area contributed by atoms with Gasteiger partial charge in [-0.3, -0.25) is 10.1 Å². The normalized spacial score (nSPS) is 9.50. The third-order valence-electron chi connectivity index (χ3n) is 1.93. The third-order valence-corrected chi connectivity index (χ3v) is 2.22. The molecular formula is C9H5ClN2O4. The number of carbonyl (C=O) groups is 1. The SMILES string of the molecule is N#Cc1c(CCl)ccc(C(=O)O)c1[N+](=O)[O-]. The van der Waals surface area contributed by atoms with Gasteiger partial charge in [-0.2, -0.15) is 5.26 Å². The van der Waals surface area contributed by atoms with E-state index in [2.05, 4.69) is 0 Å². The van der Waals surface area contributed by atoms with Crippen LogP contribution in [0.15, 0.2) is 12.1 Å². The summed E-state index contributed by atoms with van der Waals surface area (Å²) in [6.45, 7) is 0. The van der Waals surface area contributed by atoms with E-state index < -0.39 is 22.1 Å². The number of rotatable bonds is 3. The predicted molar refractivity (Wildman–Crippen MR) is 54.3 cm³/mol. The molecule has 1 N–H and O–H groups in total. The number of hydrogen-bond donors (Lipinski definition) is 1. The molecular weight excluding hydrogens is 236 g/mol. The summed E-state index contributed by atoms with van der Waals surface area (Å²) in [4.78, 5) is 20.6. The van der Waals surface area contributed by atoms with Gasteiger partial charge in [-0.25, -0.2) is 4.79 Å². The maximum Gasteiger partial charge on any atom is 0.342 e. The number of hydrogen-bond acceptors (Lipinski definition) is 4. The summed E-state index contributed by atoms with van der Waals surface area (Å²) < 4.78 is 0. The first-order chi connectivity index (χ1) is 7.52. The van der Waals surface area contributed by atoms with Crippen LogP contribution >= 0.6 is 11.6 Å². The molecule has 1 rings (SSSR count). The molecule has 0 bridgehead atoms. The average Bonchev–Trinajstić information content (AvgIpc) is 2.26. The molecule has 1 aromatic rings. The van der Waals surface area contributed by atoms with Gasteiger partial charge in [0.25, 0.3) is 0 Å². The molecule has 0 aliphatic carbocycles. The highest BCUT2D eigenvalue weighted by atomic mass is 35.5. The van der Waals surface area contributed by atoms with Crippen molar-refractivity contribution in [3.8, 4) is 6.07 Å². The second-order valence-corrected chi connectivity index (χ2v) is 3.07. The molecule has 0 amide bonds. The monoisotopic (exact) mass is 240 g/mol. The van der Waals surface area contributed by atoms with Gasteiger partial charge in [0.2, 0.25) is 0 Å². The van der Waals surface area contributed by atoms with Crippen molar-refractivity contribution in [2.75, 3.05) is 0 Å². The van der Waals surface area contributed by atoms with E-state index in [9.17, 15) is 14.9 Å². The molecule has 0 unspecified atom stereocenters. The van der Waals surface area contributed by atoms with Crippen molar-refractivity contribution in [1.82, 2.24) is 0 Å². The number of nitrogens with zero attached hydrogens (tertiary/aromatic N) is 2. The number of halogens is 1. The number of nitriles is 1. The van der Waals surface area contributed by atoms with E-state index in [0.717, 1.165) is 6.07 Å². The molecule has 0 saturated heterocycles. The fraction of sp³-hybridized carbons (Fsp3) is 0.111. The Bertz CT molecular complexity index is 507. The van der Waals surface area contributed by atoms with E-state index in [-0.39, 0.29) is 17.0 Å². The summed E-state index contributed by atoms with van der Waals surface area (Å²) >= 11 is 5.50. The number of alkyl halides is 1. The highest BCUT2D eigenvalue weighted by molar-refractivity contribution is 6.17. The standard InChI is InChI=1S/C9H5ClN2O4/c10-3-5-1-2-6(9(13)14)8(12(15)16)7(5)4-11/h1-2H,3H2,(H,13,14). The number of benzene rings is 1. The van der Waals surface area contributed by atoms with Gasteiger partial charge in [0, 0.05) is 5.88 Å². The highest BCUT2D eigenvalue weighted by Crippen LogP contribution is 2.27. The molecule has 0 aliphatic heterocycles. The average molecular weight is 241 g/mol. The Kier molecular flexibility index (Phi) is 3.43. The van der Waals surface area contributed by atoms with E-state index in [0.29, 0.717) is 0 Å². The molecule has 0 saturated carbocycles. The maximum atomic E-state index is 10.7. The molecule has 0 spiro atoms. The first-order valence-corrected chi connectivity index (χ1v) is 4.56. The molecule has 0 heterocycles. The van der Waals surface area contributed by atoms with Crippen LogP contribution in [0.3, 0.4) is 0 Å². The predicted octanol–water partition coefficient (Wildman–Crippen LogP) is 1.90. The van der Waals surface area contributed by atoms with E-state index in [1.54, 1.807) is 6.07 Å². The van der Waals surface area contributed by atoms with Gasteiger partial charge >= 0.3 is 11.7 Å². The summed E-state index contributed by atoms with van der Waals surface area (Å²) in [5.74, 6) is -1.55. The number of carboxylic acid groups (broad SMARTS) is 1. The Morgan fingerprint density at radius 1 is 1.62 bits per heavy atom. The minimum absolute atomic E-state index is 0.0936. The van der Waals surface area contributed by atoms with Crippen LogP contribution in [0, 0.1) is 21.4 Å². The highest BCUT2D eigenvalue weighted by Gasteiger charge is 2.26. The minimum atomic E-state index is -1.45. The Morgan fingerprint density at radius 2 is 2.25 bits per heavy atom. The lowest BCUT2D eigenvalue weighted by molar-refractivity contribution is -0.385. The van der Waals surface area contributed by atoms with Crippen molar-refractivity contribution in [3.63, 3.8) is 0 Å². The van der Waals surface area contributed by atoms with Gasteiger partial charge in [-0.15, -0.1) is 11.6 Å². The first kappa shape index (κ1) is 11.9. The summed E-state index contributed by atoms with van der Waals surface area (Å²) in [5, 5.41) is 28.3.